The Balaban J connectivity index is 1.35. The lowest BCUT2D eigenvalue weighted by Crippen LogP contribution is -2.51. The maximum atomic E-state index is 11.3. The van der Waals surface area contributed by atoms with Crippen LogP contribution in [0.15, 0.2) is 54.9 Å². The molecular weight excluding hydrogens is 480 g/mol. The number of piperazine rings is 1. The number of benzene rings is 1. The van der Waals surface area contributed by atoms with Crippen molar-refractivity contribution in [3.63, 3.8) is 0 Å². The highest BCUT2D eigenvalue weighted by molar-refractivity contribution is 5.72. The zero-order chi connectivity index (χ0) is 26.9. The fraction of sp³-hybridized carbons (Fsp3) is 0.429. The molecule has 3 N–H and O–H groups in total. The van der Waals surface area contributed by atoms with Crippen LogP contribution in [0, 0.1) is 0 Å². The minimum atomic E-state index is -0.764. The highest BCUT2D eigenvalue weighted by Crippen LogP contribution is 2.22. The topological polar surface area (TPSA) is 110 Å². The van der Waals surface area contributed by atoms with Crippen LogP contribution in [0.5, 0.6) is 0 Å². The number of rotatable bonds is 12. The van der Waals surface area contributed by atoms with Crippen LogP contribution >= 0.6 is 0 Å². The van der Waals surface area contributed by atoms with Crippen molar-refractivity contribution >= 4 is 23.4 Å². The van der Waals surface area contributed by atoms with Gasteiger partial charge in [0.2, 0.25) is 5.95 Å². The van der Waals surface area contributed by atoms with Gasteiger partial charge < -0.3 is 20.6 Å². The van der Waals surface area contributed by atoms with E-state index < -0.39 is 12.0 Å². The van der Waals surface area contributed by atoms with E-state index in [4.69, 9.17) is 4.98 Å². The second-order valence-corrected chi connectivity index (χ2v) is 9.70. The van der Waals surface area contributed by atoms with Gasteiger partial charge in [-0.05, 0) is 62.8 Å². The van der Waals surface area contributed by atoms with E-state index in [9.17, 15) is 9.90 Å². The van der Waals surface area contributed by atoms with Gasteiger partial charge >= 0.3 is 5.97 Å². The van der Waals surface area contributed by atoms with E-state index in [-0.39, 0.29) is 0 Å². The number of aromatic nitrogens is 3. The summed E-state index contributed by atoms with van der Waals surface area (Å²) >= 11 is 0. The number of pyridine rings is 1. The third-order valence-electron chi connectivity index (χ3n) is 6.91. The number of anilines is 3. The van der Waals surface area contributed by atoms with E-state index in [1.54, 1.807) is 13.1 Å². The molecule has 0 amide bonds. The van der Waals surface area contributed by atoms with E-state index in [2.05, 4.69) is 49.6 Å². The quantitative estimate of drug-likeness (QED) is 0.310. The van der Waals surface area contributed by atoms with Gasteiger partial charge in [-0.3, -0.25) is 14.6 Å². The van der Waals surface area contributed by atoms with Crippen molar-refractivity contribution < 1.29 is 9.90 Å². The zero-order valence-corrected chi connectivity index (χ0v) is 22.5. The Labute approximate surface area is 224 Å². The summed E-state index contributed by atoms with van der Waals surface area (Å²) in [5.41, 5.74) is 3.86. The molecule has 10 heteroatoms. The van der Waals surface area contributed by atoms with Crippen LogP contribution < -0.4 is 15.5 Å². The Morgan fingerprint density at radius 2 is 1.95 bits per heavy atom. The van der Waals surface area contributed by atoms with E-state index in [1.165, 1.54) is 5.56 Å². The van der Waals surface area contributed by atoms with Gasteiger partial charge in [0.25, 0.3) is 0 Å². The molecule has 38 heavy (non-hydrogen) atoms. The zero-order valence-electron chi connectivity index (χ0n) is 22.5. The average Bonchev–Trinajstić information content (AvgIpc) is 2.93. The second-order valence-electron chi connectivity index (χ2n) is 9.70. The van der Waals surface area contributed by atoms with Crippen LogP contribution in [-0.2, 0) is 11.3 Å². The van der Waals surface area contributed by atoms with E-state index >= 15 is 0 Å². The lowest BCUT2D eigenvalue weighted by atomic mass is 10.1. The molecular formula is C28H38N8O2. The molecule has 2 aromatic heterocycles. The molecule has 1 unspecified atom stereocenters. The summed E-state index contributed by atoms with van der Waals surface area (Å²) in [5.74, 6) is 0.705. The van der Waals surface area contributed by atoms with Gasteiger partial charge in [0.05, 0.1) is 5.69 Å². The first-order chi connectivity index (χ1) is 18.4. The molecule has 1 fully saturated rings. The SMILES string of the molecule is CNCCCN(C)c1ccc(-c2ccnc(Nc3cccc(CN4CCN(C(C)C(=O)O)CC4)c3)n2)cn1. The van der Waals surface area contributed by atoms with Crippen molar-refractivity contribution in [3.05, 3.63) is 60.4 Å². The highest BCUT2D eigenvalue weighted by atomic mass is 16.4. The molecule has 4 rings (SSSR count). The van der Waals surface area contributed by atoms with Crippen molar-refractivity contribution in [2.75, 3.05) is 63.6 Å². The molecule has 202 valence electrons. The molecule has 3 heterocycles. The van der Waals surface area contributed by atoms with Crippen molar-refractivity contribution in [3.8, 4) is 11.3 Å². The summed E-state index contributed by atoms with van der Waals surface area (Å²) in [5, 5.41) is 15.8. The smallest absolute Gasteiger partial charge is 0.320 e. The van der Waals surface area contributed by atoms with Crippen LogP contribution in [0.1, 0.15) is 18.9 Å². The summed E-state index contributed by atoms with van der Waals surface area (Å²) in [6.07, 6.45) is 4.67. The Bertz CT molecular complexity index is 1180. The molecule has 1 atom stereocenters. The summed E-state index contributed by atoms with van der Waals surface area (Å²) in [4.78, 5) is 31.5. The second kappa shape index (κ2) is 13.3. The van der Waals surface area contributed by atoms with Gasteiger partial charge in [-0.2, -0.15) is 0 Å². The number of carboxylic acid groups (broad SMARTS) is 1. The normalized spacial score (nSPS) is 15.2. The van der Waals surface area contributed by atoms with Gasteiger partial charge in [-0.25, -0.2) is 15.0 Å². The lowest BCUT2D eigenvalue weighted by Gasteiger charge is -2.36. The van der Waals surface area contributed by atoms with E-state index in [0.29, 0.717) is 5.95 Å². The Morgan fingerprint density at radius 1 is 1.13 bits per heavy atom. The minimum absolute atomic E-state index is 0.441. The number of nitrogens with one attached hydrogen (secondary N) is 2. The Kier molecular flexibility index (Phi) is 9.58. The van der Waals surface area contributed by atoms with E-state index in [0.717, 1.165) is 75.0 Å². The monoisotopic (exact) mass is 518 g/mol. The van der Waals surface area contributed by atoms with Crippen molar-refractivity contribution in [1.82, 2.24) is 30.1 Å². The molecule has 1 aliphatic rings. The fourth-order valence-corrected chi connectivity index (χ4v) is 4.55. The summed E-state index contributed by atoms with van der Waals surface area (Å²) < 4.78 is 0. The molecule has 0 saturated carbocycles. The molecule has 0 spiro atoms. The Morgan fingerprint density at radius 3 is 2.66 bits per heavy atom. The number of carboxylic acids is 1. The number of hydrogen-bond acceptors (Lipinski definition) is 9. The number of aliphatic carboxylic acids is 1. The largest absolute Gasteiger partial charge is 0.480 e. The van der Waals surface area contributed by atoms with Gasteiger partial charge in [-0.15, -0.1) is 0 Å². The maximum Gasteiger partial charge on any atom is 0.320 e. The van der Waals surface area contributed by atoms with Crippen LogP contribution in [0.3, 0.4) is 0 Å². The van der Waals surface area contributed by atoms with Crippen LogP contribution in [0.25, 0.3) is 11.3 Å². The standard InChI is InChI=1S/C28H38N8O2/c1-21(27(37)38)36-16-14-35(15-17-36)20-22-6-4-7-24(18-22)32-28-30-12-10-25(33-28)23-8-9-26(31-19-23)34(3)13-5-11-29-2/h4,6-10,12,18-19,21,29H,5,11,13-17,20H2,1-3H3,(H,37,38)(H,30,32,33). The highest BCUT2D eigenvalue weighted by Gasteiger charge is 2.25. The summed E-state index contributed by atoms with van der Waals surface area (Å²) in [6, 6.07) is 13.8. The molecule has 1 aromatic carbocycles. The molecule has 0 radical (unpaired) electrons. The summed E-state index contributed by atoms with van der Waals surface area (Å²) in [7, 11) is 4.02. The average molecular weight is 519 g/mol. The summed E-state index contributed by atoms with van der Waals surface area (Å²) in [6.45, 7) is 7.69. The van der Waals surface area contributed by atoms with Crippen molar-refractivity contribution in [1.29, 1.82) is 0 Å². The number of hydrogen-bond donors (Lipinski definition) is 3. The molecule has 1 saturated heterocycles. The molecule has 10 nitrogen and oxygen atoms in total. The minimum Gasteiger partial charge on any atom is -0.480 e. The molecule has 1 aliphatic heterocycles. The number of carbonyl (C=O) groups is 1. The van der Waals surface area contributed by atoms with Crippen LogP contribution in [0.4, 0.5) is 17.5 Å². The predicted molar refractivity (Wildman–Crippen MR) is 151 cm³/mol. The lowest BCUT2D eigenvalue weighted by molar-refractivity contribution is -0.143. The third-order valence-corrected chi connectivity index (χ3v) is 6.91. The van der Waals surface area contributed by atoms with E-state index in [1.807, 2.05) is 48.5 Å². The fourth-order valence-electron chi connectivity index (χ4n) is 4.55. The maximum absolute atomic E-state index is 11.3. The van der Waals surface area contributed by atoms with Gasteiger partial charge in [0.15, 0.2) is 0 Å². The van der Waals surface area contributed by atoms with Crippen molar-refractivity contribution in [2.45, 2.75) is 25.9 Å². The van der Waals surface area contributed by atoms with Gasteiger partial charge in [0.1, 0.15) is 11.9 Å². The van der Waals surface area contributed by atoms with Crippen LogP contribution in [-0.4, -0.2) is 95.2 Å². The molecule has 0 bridgehead atoms. The van der Waals surface area contributed by atoms with Crippen molar-refractivity contribution in [2.24, 2.45) is 0 Å². The first-order valence-electron chi connectivity index (χ1n) is 13.1. The number of nitrogens with zero attached hydrogens (tertiary/aromatic N) is 6. The Hall–Kier alpha value is -3.60. The first-order valence-corrected chi connectivity index (χ1v) is 13.1. The predicted octanol–water partition coefficient (Wildman–Crippen LogP) is 2.92. The third kappa shape index (κ3) is 7.47. The van der Waals surface area contributed by atoms with Crippen LogP contribution in [0.2, 0.25) is 0 Å². The molecule has 3 aromatic rings. The van der Waals surface area contributed by atoms with Gasteiger partial charge in [0, 0.05) is 70.0 Å². The molecule has 0 aliphatic carbocycles. The van der Waals surface area contributed by atoms with Gasteiger partial charge in [-0.1, -0.05) is 12.1 Å². The first kappa shape index (κ1) is 27.4.